The molecule has 0 saturated heterocycles. The lowest BCUT2D eigenvalue weighted by Crippen LogP contribution is -2.13. The van der Waals surface area contributed by atoms with E-state index in [9.17, 15) is 4.39 Å². The molecule has 0 amide bonds. The number of rotatable bonds is 3. The summed E-state index contributed by atoms with van der Waals surface area (Å²) in [5.74, 6) is -0.149. The molecule has 0 spiro atoms. The lowest BCUT2D eigenvalue weighted by atomic mass is 9.87. The number of hydrogen-bond donors (Lipinski definition) is 0. The summed E-state index contributed by atoms with van der Waals surface area (Å²) in [7, 11) is 1.43. The van der Waals surface area contributed by atoms with Gasteiger partial charge in [0.05, 0.1) is 18.6 Å². The SMILES string of the molecule is COc1cccc(CC(C)(C)C#N)c1F. The summed E-state index contributed by atoms with van der Waals surface area (Å²) in [6, 6.07) is 7.12. The van der Waals surface area contributed by atoms with Crippen LogP contribution in [0.3, 0.4) is 0 Å². The molecule has 0 radical (unpaired) electrons. The highest BCUT2D eigenvalue weighted by molar-refractivity contribution is 5.32. The smallest absolute Gasteiger partial charge is 0.168 e. The van der Waals surface area contributed by atoms with Crippen molar-refractivity contribution in [2.24, 2.45) is 5.41 Å². The fraction of sp³-hybridized carbons (Fsp3) is 0.417. The molecule has 0 aliphatic carbocycles. The van der Waals surface area contributed by atoms with E-state index in [1.165, 1.54) is 7.11 Å². The summed E-state index contributed by atoms with van der Waals surface area (Å²) in [6.45, 7) is 3.57. The van der Waals surface area contributed by atoms with Gasteiger partial charge in [0.15, 0.2) is 11.6 Å². The molecule has 1 aromatic carbocycles. The molecule has 3 heteroatoms. The summed E-state index contributed by atoms with van der Waals surface area (Å²) in [5, 5.41) is 8.87. The molecular formula is C12H14FNO. The maximum absolute atomic E-state index is 13.7. The van der Waals surface area contributed by atoms with Crippen molar-refractivity contribution in [1.29, 1.82) is 5.26 Å². The zero-order valence-electron chi connectivity index (χ0n) is 9.17. The molecule has 0 unspecified atom stereocenters. The van der Waals surface area contributed by atoms with E-state index < -0.39 is 5.41 Å². The summed E-state index contributed by atoms with van der Waals surface area (Å²) in [4.78, 5) is 0. The third-order valence-electron chi connectivity index (χ3n) is 2.20. The molecule has 0 saturated carbocycles. The van der Waals surface area contributed by atoms with Gasteiger partial charge in [0.2, 0.25) is 0 Å². The van der Waals surface area contributed by atoms with Crippen LogP contribution in [0, 0.1) is 22.6 Å². The van der Waals surface area contributed by atoms with Gasteiger partial charge in [0.25, 0.3) is 0 Å². The predicted molar refractivity (Wildman–Crippen MR) is 56.1 cm³/mol. The largest absolute Gasteiger partial charge is 0.494 e. The normalized spacial score (nSPS) is 10.9. The van der Waals surface area contributed by atoms with Gasteiger partial charge >= 0.3 is 0 Å². The summed E-state index contributed by atoms with van der Waals surface area (Å²) in [6.07, 6.45) is 0.381. The molecule has 0 heterocycles. The third kappa shape index (κ3) is 2.69. The molecule has 0 aliphatic heterocycles. The molecule has 1 aromatic rings. The van der Waals surface area contributed by atoms with Gasteiger partial charge < -0.3 is 4.74 Å². The van der Waals surface area contributed by atoms with E-state index in [2.05, 4.69) is 6.07 Å². The predicted octanol–water partition coefficient (Wildman–Crippen LogP) is 2.93. The Bertz CT molecular complexity index is 393. The summed E-state index contributed by atoms with van der Waals surface area (Å²) in [5.41, 5.74) is -0.0476. The molecule has 80 valence electrons. The standard InChI is InChI=1S/C12H14FNO/c1-12(2,8-14)7-9-5-4-6-10(15-3)11(9)13/h4-6H,7H2,1-3H3. The number of halogens is 1. The Balaban J connectivity index is 3.02. The van der Waals surface area contributed by atoms with Gasteiger partial charge in [-0.3, -0.25) is 0 Å². The highest BCUT2D eigenvalue weighted by Crippen LogP contribution is 2.26. The number of hydrogen-bond acceptors (Lipinski definition) is 2. The minimum Gasteiger partial charge on any atom is -0.494 e. The van der Waals surface area contributed by atoms with Crippen LogP contribution in [-0.4, -0.2) is 7.11 Å². The summed E-state index contributed by atoms with van der Waals surface area (Å²) >= 11 is 0. The molecule has 2 nitrogen and oxygen atoms in total. The first-order valence-electron chi connectivity index (χ1n) is 4.73. The van der Waals surface area contributed by atoms with E-state index in [1.807, 2.05) is 0 Å². The van der Waals surface area contributed by atoms with Crippen LogP contribution in [0.4, 0.5) is 4.39 Å². The number of nitriles is 1. The Labute approximate surface area is 89.3 Å². The summed E-state index contributed by atoms with van der Waals surface area (Å²) < 4.78 is 18.6. The van der Waals surface area contributed by atoms with E-state index in [-0.39, 0.29) is 11.6 Å². The lowest BCUT2D eigenvalue weighted by molar-refractivity contribution is 0.380. The van der Waals surface area contributed by atoms with Crippen molar-refractivity contribution in [2.45, 2.75) is 20.3 Å². The molecule has 0 N–H and O–H groups in total. The Morgan fingerprint density at radius 3 is 2.67 bits per heavy atom. The maximum atomic E-state index is 13.7. The van der Waals surface area contributed by atoms with Crippen molar-refractivity contribution in [3.8, 4) is 11.8 Å². The lowest BCUT2D eigenvalue weighted by Gasteiger charge is -2.16. The molecule has 1 rings (SSSR count). The topological polar surface area (TPSA) is 33.0 Å². The number of benzene rings is 1. The number of nitrogens with zero attached hydrogens (tertiary/aromatic N) is 1. The van der Waals surface area contributed by atoms with E-state index in [0.717, 1.165) is 0 Å². The van der Waals surface area contributed by atoms with Crippen LogP contribution in [0.15, 0.2) is 18.2 Å². The van der Waals surface area contributed by atoms with Gasteiger partial charge in [-0.1, -0.05) is 12.1 Å². The van der Waals surface area contributed by atoms with Crippen molar-refractivity contribution < 1.29 is 9.13 Å². The van der Waals surface area contributed by atoms with Gasteiger partial charge in [0.1, 0.15) is 0 Å². The molecule has 0 fully saturated rings. The average Bonchev–Trinajstić information content (AvgIpc) is 2.21. The second kappa shape index (κ2) is 4.31. The quantitative estimate of drug-likeness (QED) is 0.763. The second-order valence-corrected chi connectivity index (χ2v) is 4.11. The van der Waals surface area contributed by atoms with Crippen molar-refractivity contribution in [3.63, 3.8) is 0 Å². The minimum absolute atomic E-state index is 0.223. The highest BCUT2D eigenvalue weighted by atomic mass is 19.1. The monoisotopic (exact) mass is 207 g/mol. The van der Waals surface area contributed by atoms with E-state index in [1.54, 1.807) is 32.0 Å². The first kappa shape index (κ1) is 11.5. The van der Waals surface area contributed by atoms with Crippen LogP contribution in [0.5, 0.6) is 5.75 Å². The van der Waals surface area contributed by atoms with Gasteiger partial charge in [-0.2, -0.15) is 5.26 Å². The van der Waals surface area contributed by atoms with Crippen molar-refractivity contribution in [1.82, 2.24) is 0 Å². The van der Waals surface area contributed by atoms with Crippen LogP contribution in [0.25, 0.3) is 0 Å². The van der Waals surface area contributed by atoms with Crippen LogP contribution < -0.4 is 4.74 Å². The Morgan fingerprint density at radius 1 is 1.47 bits per heavy atom. The highest BCUT2D eigenvalue weighted by Gasteiger charge is 2.20. The molecule has 0 bridgehead atoms. The maximum Gasteiger partial charge on any atom is 0.168 e. The third-order valence-corrected chi connectivity index (χ3v) is 2.20. The van der Waals surface area contributed by atoms with Crippen LogP contribution >= 0.6 is 0 Å². The Morgan fingerprint density at radius 2 is 2.13 bits per heavy atom. The zero-order chi connectivity index (χ0) is 11.5. The Hall–Kier alpha value is -1.56. The van der Waals surface area contributed by atoms with Gasteiger partial charge in [-0.05, 0) is 31.9 Å². The first-order chi connectivity index (χ1) is 7.00. The molecule has 0 atom stereocenters. The average molecular weight is 207 g/mol. The van der Waals surface area contributed by atoms with E-state index >= 15 is 0 Å². The van der Waals surface area contributed by atoms with E-state index in [0.29, 0.717) is 12.0 Å². The Kier molecular flexibility index (Phi) is 3.31. The molecular weight excluding hydrogens is 193 g/mol. The second-order valence-electron chi connectivity index (χ2n) is 4.11. The van der Waals surface area contributed by atoms with Crippen molar-refractivity contribution >= 4 is 0 Å². The van der Waals surface area contributed by atoms with Gasteiger partial charge in [-0.25, -0.2) is 4.39 Å². The molecule has 15 heavy (non-hydrogen) atoms. The van der Waals surface area contributed by atoms with Gasteiger partial charge in [0, 0.05) is 0 Å². The van der Waals surface area contributed by atoms with Crippen LogP contribution in [0.2, 0.25) is 0 Å². The van der Waals surface area contributed by atoms with Crippen molar-refractivity contribution in [3.05, 3.63) is 29.6 Å². The zero-order valence-corrected chi connectivity index (χ0v) is 9.17. The number of ether oxygens (including phenoxy) is 1. The van der Waals surface area contributed by atoms with Gasteiger partial charge in [-0.15, -0.1) is 0 Å². The van der Waals surface area contributed by atoms with Crippen LogP contribution in [-0.2, 0) is 6.42 Å². The van der Waals surface area contributed by atoms with E-state index in [4.69, 9.17) is 10.00 Å². The fourth-order valence-corrected chi connectivity index (χ4v) is 1.37. The minimum atomic E-state index is -0.562. The fourth-order valence-electron chi connectivity index (χ4n) is 1.37. The number of methoxy groups -OCH3 is 1. The molecule has 0 aromatic heterocycles. The van der Waals surface area contributed by atoms with Crippen molar-refractivity contribution in [2.75, 3.05) is 7.11 Å². The molecule has 0 aliphatic rings. The first-order valence-corrected chi connectivity index (χ1v) is 4.73. The van der Waals surface area contributed by atoms with Crippen LogP contribution in [0.1, 0.15) is 19.4 Å².